The fourth-order valence-electron chi connectivity index (χ4n) is 1.95. The fraction of sp³-hybridized carbons (Fsp3) is 0.667. The second-order valence-corrected chi connectivity index (χ2v) is 5.01. The van der Waals surface area contributed by atoms with E-state index >= 15 is 0 Å². The minimum absolute atomic E-state index is 0.297. The summed E-state index contributed by atoms with van der Waals surface area (Å²) in [6.45, 7) is 4.84. The van der Waals surface area contributed by atoms with Crippen molar-refractivity contribution in [2.45, 2.75) is 25.9 Å². The fourth-order valence-corrected chi connectivity index (χ4v) is 2.38. The molecule has 0 saturated carbocycles. The van der Waals surface area contributed by atoms with Crippen molar-refractivity contribution in [1.29, 1.82) is 0 Å². The standard InChI is InChI=1S/C12H18BrN3O2/c1-3-14-12-10(13)9(7-17-2)15-11(16-12)8-4-5-18-6-8/h8H,3-7H2,1-2H3,(H,14,15,16). The van der Waals surface area contributed by atoms with Gasteiger partial charge in [0, 0.05) is 26.2 Å². The Morgan fingerprint density at radius 2 is 2.33 bits per heavy atom. The molecule has 0 spiro atoms. The molecular weight excluding hydrogens is 298 g/mol. The molecule has 1 aliphatic heterocycles. The molecule has 18 heavy (non-hydrogen) atoms. The largest absolute Gasteiger partial charge is 0.381 e. The van der Waals surface area contributed by atoms with Gasteiger partial charge in [-0.2, -0.15) is 0 Å². The molecule has 1 aromatic heterocycles. The van der Waals surface area contributed by atoms with Crippen LogP contribution in [0.25, 0.3) is 0 Å². The van der Waals surface area contributed by atoms with Gasteiger partial charge < -0.3 is 14.8 Å². The number of aromatic nitrogens is 2. The van der Waals surface area contributed by atoms with E-state index in [1.807, 2.05) is 6.92 Å². The molecule has 5 nitrogen and oxygen atoms in total. The summed E-state index contributed by atoms with van der Waals surface area (Å²) in [5.74, 6) is 1.98. The summed E-state index contributed by atoms with van der Waals surface area (Å²) in [5.41, 5.74) is 0.880. The molecule has 6 heteroatoms. The van der Waals surface area contributed by atoms with Gasteiger partial charge >= 0.3 is 0 Å². The molecule has 100 valence electrons. The summed E-state index contributed by atoms with van der Waals surface area (Å²) in [5, 5.41) is 3.24. The van der Waals surface area contributed by atoms with Gasteiger partial charge in [0.05, 0.1) is 23.4 Å². The van der Waals surface area contributed by atoms with Crippen molar-refractivity contribution in [3.63, 3.8) is 0 Å². The van der Waals surface area contributed by atoms with Crippen LogP contribution in [0, 0.1) is 0 Å². The first-order valence-corrected chi connectivity index (χ1v) is 6.92. The second-order valence-electron chi connectivity index (χ2n) is 4.21. The van der Waals surface area contributed by atoms with Crippen molar-refractivity contribution in [2.24, 2.45) is 0 Å². The number of anilines is 1. The van der Waals surface area contributed by atoms with Crippen LogP contribution in [-0.2, 0) is 16.1 Å². The number of rotatable bonds is 5. The van der Waals surface area contributed by atoms with E-state index in [1.54, 1.807) is 7.11 Å². The number of nitrogens with zero attached hydrogens (tertiary/aromatic N) is 2. The van der Waals surface area contributed by atoms with Gasteiger partial charge in [-0.05, 0) is 29.3 Å². The Morgan fingerprint density at radius 3 is 2.94 bits per heavy atom. The summed E-state index contributed by atoms with van der Waals surface area (Å²) in [4.78, 5) is 9.17. The van der Waals surface area contributed by atoms with Crippen molar-refractivity contribution in [2.75, 3.05) is 32.2 Å². The lowest BCUT2D eigenvalue weighted by molar-refractivity contribution is 0.180. The highest BCUT2D eigenvalue weighted by atomic mass is 79.9. The van der Waals surface area contributed by atoms with Gasteiger partial charge in [0.2, 0.25) is 0 Å². The van der Waals surface area contributed by atoms with Crippen LogP contribution in [0.4, 0.5) is 5.82 Å². The Balaban J connectivity index is 2.33. The lowest BCUT2D eigenvalue weighted by atomic mass is 10.1. The van der Waals surface area contributed by atoms with Gasteiger partial charge in [-0.1, -0.05) is 0 Å². The van der Waals surface area contributed by atoms with Gasteiger partial charge in [-0.3, -0.25) is 0 Å². The average Bonchev–Trinajstić information content (AvgIpc) is 2.88. The average molecular weight is 316 g/mol. The predicted octanol–water partition coefficient (Wildman–Crippen LogP) is 2.32. The van der Waals surface area contributed by atoms with Crippen LogP contribution in [-0.4, -0.2) is 36.8 Å². The molecule has 1 unspecified atom stereocenters. The zero-order valence-corrected chi connectivity index (χ0v) is 12.3. The van der Waals surface area contributed by atoms with Crippen LogP contribution in [0.2, 0.25) is 0 Å². The summed E-state index contributed by atoms with van der Waals surface area (Å²) in [6, 6.07) is 0. The first-order chi connectivity index (χ1) is 8.76. The van der Waals surface area contributed by atoms with Crippen molar-refractivity contribution in [3.8, 4) is 0 Å². The summed E-state index contributed by atoms with van der Waals surface area (Å²) >= 11 is 3.53. The van der Waals surface area contributed by atoms with E-state index in [1.165, 1.54) is 0 Å². The molecule has 0 radical (unpaired) electrons. The van der Waals surface area contributed by atoms with Gasteiger partial charge in [0.15, 0.2) is 0 Å². The maximum atomic E-state index is 5.40. The van der Waals surface area contributed by atoms with Crippen molar-refractivity contribution in [3.05, 3.63) is 16.0 Å². The van der Waals surface area contributed by atoms with Gasteiger partial charge in [-0.15, -0.1) is 0 Å². The highest BCUT2D eigenvalue weighted by Crippen LogP contribution is 2.29. The molecule has 0 bridgehead atoms. The van der Waals surface area contributed by atoms with Crippen LogP contribution in [0.1, 0.15) is 30.8 Å². The van der Waals surface area contributed by atoms with E-state index in [0.29, 0.717) is 19.1 Å². The number of methoxy groups -OCH3 is 1. The van der Waals surface area contributed by atoms with E-state index in [4.69, 9.17) is 9.47 Å². The van der Waals surface area contributed by atoms with E-state index in [0.717, 1.165) is 41.4 Å². The Hall–Kier alpha value is -0.720. The van der Waals surface area contributed by atoms with Crippen LogP contribution in [0.3, 0.4) is 0 Å². The summed E-state index contributed by atoms with van der Waals surface area (Å²) < 4.78 is 11.5. The number of hydrogen-bond donors (Lipinski definition) is 1. The Morgan fingerprint density at radius 1 is 1.50 bits per heavy atom. The highest BCUT2D eigenvalue weighted by molar-refractivity contribution is 9.10. The lowest BCUT2D eigenvalue weighted by Crippen LogP contribution is -2.12. The summed E-state index contributed by atoms with van der Waals surface area (Å²) in [6.07, 6.45) is 0.986. The third-order valence-electron chi connectivity index (χ3n) is 2.86. The number of nitrogens with one attached hydrogen (secondary N) is 1. The van der Waals surface area contributed by atoms with E-state index < -0.39 is 0 Å². The third-order valence-corrected chi connectivity index (χ3v) is 3.69. The predicted molar refractivity (Wildman–Crippen MR) is 72.8 cm³/mol. The molecule has 0 aliphatic carbocycles. The lowest BCUT2D eigenvalue weighted by Gasteiger charge is -2.14. The SMILES string of the molecule is CCNc1nc(C2CCOC2)nc(COC)c1Br. The minimum atomic E-state index is 0.297. The maximum Gasteiger partial charge on any atom is 0.144 e. The molecule has 1 saturated heterocycles. The monoisotopic (exact) mass is 315 g/mol. The Kier molecular flexibility index (Phi) is 4.91. The van der Waals surface area contributed by atoms with E-state index in [2.05, 4.69) is 31.2 Å². The molecular formula is C12H18BrN3O2. The van der Waals surface area contributed by atoms with Gasteiger partial charge in [0.1, 0.15) is 11.6 Å². The molecule has 2 rings (SSSR count). The zero-order chi connectivity index (χ0) is 13.0. The third kappa shape index (κ3) is 2.99. The maximum absolute atomic E-state index is 5.40. The Labute approximate surface area is 115 Å². The van der Waals surface area contributed by atoms with E-state index in [9.17, 15) is 0 Å². The van der Waals surface area contributed by atoms with Crippen molar-refractivity contribution in [1.82, 2.24) is 9.97 Å². The van der Waals surface area contributed by atoms with Gasteiger partial charge in [0.25, 0.3) is 0 Å². The van der Waals surface area contributed by atoms with Gasteiger partial charge in [-0.25, -0.2) is 9.97 Å². The minimum Gasteiger partial charge on any atom is -0.381 e. The molecule has 1 fully saturated rings. The van der Waals surface area contributed by atoms with Crippen molar-refractivity contribution >= 4 is 21.7 Å². The molecule has 0 amide bonds. The number of ether oxygens (including phenoxy) is 2. The van der Waals surface area contributed by atoms with E-state index in [-0.39, 0.29) is 0 Å². The highest BCUT2D eigenvalue weighted by Gasteiger charge is 2.23. The topological polar surface area (TPSA) is 56.3 Å². The van der Waals surface area contributed by atoms with Crippen LogP contribution in [0.5, 0.6) is 0 Å². The molecule has 1 aromatic rings. The molecule has 1 N–H and O–H groups in total. The molecule has 2 heterocycles. The van der Waals surface area contributed by atoms with Crippen LogP contribution >= 0.6 is 15.9 Å². The van der Waals surface area contributed by atoms with Crippen molar-refractivity contribution < 1.29 is 9.47 Å². The van der Waals surface area contributed by atoms with Crippen LogP contribution in [0.15, 0.2) is 4.47 Å². The van der Waals surface area contributed by atoms with Crippen LogP contribution < -0.4 is 5.32 Å². The first kappa shape index (κ1) is 13.7. The smallest absolute Gasteiger partial charge is 0.144 e. The number of halogens is 1. The quantitative estimate of drug-likeness (QED) is 0.903. The normalized spacial score (nSPS) is 19.2. The molecule has 1 aliphatic rings. The second kappa shape index (κ2) is 6.45. The summed E-state index contributed by atoms with van der Waals surface area (Å²) in [7, 11) is 1.67. The Bertz CT molecular complexity index is 381. The number of hydrogen-bond acceptors (Lipinski definition) is 5. The zero-order valence-electron chi connectivity index (χ0n) is 10.7. The first-order valence-electron chi connectivity index (χ1n) is 6.13. The molecule has 1 atom stereocenters. The molecule has 0 aromatic carbocycles.